The average molecular weight is 162 g/mol. The maximum absolute atomic E-state index is 5.64. The van der Waals surface area contributed by atoms with E-state index in [1.807, 2.05) is 13.1 Å². The zero-order chi connectivity index (χ0) is 8.55. The van der Waals surface area contributed by atoms with Crippen LogP contribution < -0.4 is 5.73 Å². The van der Waals surface area contributed by atoms with Gasteiger partial charge in [-0.25, -0.2) is 4.98 Å². The van der Waals surface area contributed by atoms with Gasteiger partial charge in [-0.3, -0.25) is 0 Å². The smallest absolute Gasteiger partial charge is 0.126 e. The number of hydrogen-bond donors (Lipinski definition) is 1. The van der Waals surface area contributed by atoms with Gasteiger partial charge in [0.05, 0.1) is 0 Å². The highest BCUT2D eigenvalue weighted by Gasteiger charge is 2.19. The van der Waals surface area contributed by atoms with E-state index >= 15 is 0 Å². The third kappa shape index (κ3) is 1.17. The number of nitrogen functional groups attached to an aromatic ring is 1. The fraction of sp³-hybridized carbons (Fsp3) is 0.500. The molecule has 12 heavy (non-hydrogen) atoms. The molecule has 1 saturated carbocycles. The van der Waals surface area contributed by atoms with Gasteiger partial charge in [-0.2, -0.15) is 0 Å². The number of nitrogens with two attached hydrogens (primary N) is 1. The van der Waals surface area contributed by atoms with E-state index in [2.05, 4.69) is 11.1 Å². The molecule has 2 rings (SSSR count). The molecule has 1 fully saturated rings. The first-order chi connectivity index (χ1) is 5.77. The lowest BCUT2D eigenvalue weighted by Gasteiger charge is -2.25. The minimum atomic E-state index is 0.665. The van der Waals surface area contributed by atoms with Gasteiger partial charge in [0.15, 0.2) is 0 Å². The number of nitrogens with zero attached hydrogens (tertiary/aromatic N) is 1. The topological polar surface area (TPSA) is 38.9 Å². The summed E-state index contributed by atoms with van der Waals surface area (Å²) in [6.07, 6.45) is 5.94. The molecule has 2 heteroatoms. The van der Waals surface area contributed by atoms with Gasteiger partial charge in [0, 0.05) is 6.20 Å². The molecule has 0 unspecified atom stereocenters. The summed E-state index contributed by atoms with van der Waals surface area (Å²) in [7, 11) is 0. The van der Waals surface area contributed by atoms with Crippen LogP contribution in [0.5, 0.6) is 0 Å². The summed E-state index contributed by atoms with van der Waals surface area (Å²) < 4.78 is 0. The molecule has 1 aliphatic rings. The van der Waals surface area contributed by atoms with Crippen LogP contribution in [0, 0.1) is 6.92 Å². The van der Waals surface area contributed by atoms with Crippen molar-refractivity contribution in [2.45, 2.75) is 32.1 Å². The van der Waals surface area contributed by atoms with Crippen LogP contribution in [0.1, 0.15) is 36.3 Å². The molecule has 1 heterocycles. The Hall–Kier alpha value is -1.05. The van der Waals surface area contributed by atoms with Gasteiger partial charge in [-0.05, 0) is 36.8 Å². The Balaban J connectivity index is 2.27. The molecule has 64 valence electrons. The predicted molar refractivity (Wildman–Crippen MR) is 50.0 cm³/mol. The van der Waals surface area contributed by atoms with Crippen molar-refractivity contribution < 1.29 is 0 Å². The van der Waals surface area contributed by atoms with Crippen LogP contribution in [0.15, 0.2) is 12.3 Å². The Morgan fingerprint density at radius 3 is 2.75 bits per heavy atom. The number of hydrogen-bond acceptors (Lipinski definition) is 2. The Labute approximate surface area is 72.8 Å². The maximum Gasteiger partial charge on any atom is 0.126 e. The van der Waals surface area contributed by atoms with Gasteiger partial charge < -0.3 is 5.73 Å². The average Bonchev–Trinajstić information content (AvgIpc) is 1.93. The van der Waals surface area contributed by atoms with Crippen LogP contribution in [0.2, 0.25) is 0 Å². The molecule has 2 N–H and O–H groups in total. The molecule has 1 aromatic rings. The molecule has 0 bridgehead atoms. The highest BCUT2D eigenvalue weighted by atomic mass is 14.8. The molecule has 0 amide bonds. The molecular formula is C10H14N2. The second-order valence-corrected chi connectivity index (χ2v) is 3.60. The second kappa shape index (κ2) is 2.77. The Morgan fingerprint density at radius 1 is 1.50 bits per heavy atom. The van der Waals surface area contributed by atoms with Crippen LogP contribution in [-0.2, 0) is 0 Å². The van der Waals surface area contributed by atoms with Gasteiger partial charge in [-0.15, -0.1) is 0 Å². The molecular weight excluding hydrogens is 148 g/mol. The fourth-order valence-corrected chi connectivity index (χ4v) is 1.57. The second-order valence-electron chi connectivity index (χ2n) is 3.60. The third-order valence-corrected chi connectivity index (χ3v) is 2.72. The fourth-order valence-electron chi connectivity index (χ4n) is 1.57. The van der Waals surface area contributed by atoms with Gasteiger partial charge in [-0.1, -0.05) is 12.5 Å². The number of aryl methyl sites for hydroxylation is 1. The van der Waals surface area contributed by atoms with Crippen molar-refractivity contribution in [1.29, 1.82) is 0 Å². The highest BCUT2D eigenvalue weighted by Crippen LogP contribution is 2.36. The zero-order valence-electron chi connectivity index (χ0n) is 7.38. The summed E-state index contributed by atoms with van der Waals surface area (Å²) in [5, 5.41) is 0. The van der Waals surface area contributed by atoms with E-state index in [0.29, 0.717) is 5.82 Å². The molecule has 2 nitrogen and oxygen atoms in total. The van der Waals surface area contributed by atoms with Crippen LogP contribution >= 0.6 is 0 Å². The van der Waals surface area contributed by atoms with E-state index in [1.54, 1.807) is 0 Å². The first-order valence-corrected chi connectivity index (χ1v) is 4.49. The lowest BCUT2D eigenvalue weighted by molar-refractivity contribution is 0.419. The van der Waals surface area contributed by atoms with E-state index in [1.165, 1.54) is 24.8 Å². The number of anilines is 1. The Bertz CT molecular complexity index is 290. The minimum absolute atomic E-state index is 0.665. The van der Waals surface area contributed by atoms with Crippen LogP contribution in [0.25, 0.3) is 0 Å². The largest absolute Gasteiger partial charge is 0.383 e. The van der Waals surface area contributed by atoms with E-state index in [-0.39, 0.29) is 0 Å². The summed E-state index contributed by atoms with van der Waals surface area (Å²) in [6, 6.07) is 2.17. The Kier molecular flexibility index (Phi) is 1.75. The minimum Gasteiger partial charge on any atom is -0.383 e. The first-order valence-electron chi connectivity index (χ1n) is 4.49. The summed E-state index contributed by atoms with van der Waals surface area (Å²) in [5.74, 6) is 1.43. The van der Waals surface area contributed by atoms with Crippen molar-refractivity contribution in [3.05, 3.63) is 23.4 Å². The normalized spacial score (nSPS) is 17.4. The Morgan fingerprint density at radius 2 is 2.25 bits per heavy atom. The summed E-state index contributed by atoms with van der Waals surface area (Å²) in [5.41, 5.74) is 8.12. The molecule has 0 atom stereocenters. The maximum atomic E-state index is 5.64. The van der Waals surface area contributed by atoms with E-state index < -0.39 is 0 Å². The predicted octanol–water partition coefficient (Wildman–Crippen LogP) is 2.24. The molecule has 0 radical (unpaired) electrons. The monoisotopic (exact) mass is 162 g/mol. The molecule has 1 aromatic heterocycles. The van der Waals surface area contributed by atoms with Crippen molar-refractivity contribution >= 4 is 5.82 Å². The van der Waals surface area contributed by atoms with Crippen molar-refractivity contribution in [2.24, 2.45) is 0 Å². The van der Waals surface area contributed by atoms with Gasteiger partial charge >= 0.3 is 0 Å². The SMILES string of the molecule is Cc1cc(C2CCC2)cnc1N. The van der Waals surface area contributed by atoms with Gasteiger partial charge in [0.25, 0.3) is 0 Å². The van der Waals surface area contributed by atoms with Crippen LogP contribution in [0.4, 0.5) is 5.82 Å². The standard InChI is InChI=1S/C10H14N2/c1-7-5-9(6-12-10(7)11)8-3-2-4-8/h5-6,8H,2-4H2,1H3,(H2,11,12). The zero-order valence-corrected chi connectivity index (χ0v) is 7.38. The summed E-state index contributed by atoms with van der Waals surface area (Å²) >= 11 is 0. The number of rotatable bonds is 1. The van der Waals surface area contributed by atoms with Crippen LogP contribution in [0.3, 0.4) is 0 Å². The van der Waals surface area contributed by atoms with Crippen molar-refractivity contribution in [2.75, 3.05) is 5.73 Å². The van der Waals surface area contributed by atoms with E-state index in [0.717, 1.165) is 11.5 Å². The lowest BCUT2D eigenvalue weighted by atomic mass is 9.80. The van der Waals surface area contributed by atoms with Crippen molar-refractivity contribution in [3.8, 4) is 0 Å². The molecule has 0 aromatic carbocycles. The molecule has 0 aliphatic heterocycles. The van der Waals surface area contributed by atoms with Crippen LogP contribution in [-0.4, -0.2) is 4.98 Å². The quantitative estimate of drug-likeness (QED) is 0.687. The molecule has 1 aliphatic carbocycles. The first kappa shape index (κ1) is 7.59. The number of pyridine rings is 1. The third-order valence-electron chi connectivity index (χ3n) is 2.72. The van der Waals surface area contributed by atoms with Crippen molar-refractivity contribution in [1.82, 2.24) is 4.98 Å². The van der Waals surface area contributed by atoms with E-state index in [4.69, 9.17) is 5.73 Å². The van der Waals surface area contributed by atoms with Crippen molar-refractivity contribution in [3.63, 3.8) is 0 Å². The summed E-state index contributed by atoms with van der Waals surface area (Å²) in [6.45, 7) is 2.02. The molecule has 0 saturated heterocycles. The summed E-state index contributed by atoms with van der Waals surface area (Å²) in [4.78, 5) is 4.16. The highest BCUT2D eigenvalue weighted by molar-refractivity contribution is 5.40. The van der Waals surface area contributed by atoms with Gasteiger partial charge in [0.1, 0.15) is 5.82 Å². The van der Waals surface area contributed by atoms with E-state index in [9.17, 15) is 0 Å². The lowest BCUT2D eigenvalue weighted by Crippen LogP contribution is -2.09. The van der Waals surface area contributed by atoms with Gasteiger partial charge in [0.2, 0.25) is 0 Å². The molecule has 0 spiro atoms. The number of aromatic nitrogens is 1.